The quantitative estimate of drug-likeness (QED) is 0.842. The maximum atomic E-state index is 12.6. The highest BCUT2D eigenvalue weighted by Crippen LogP contribution is 2.23. The number of aryl methyl sites for hydroxylation is 2. The first-order valence-corrected chi connectivity index (χ1v) is 8.94. The van der Waals surface area contributed by atoms with E-state index in [2.05, 4.69) is 21.1 Å². The molecule has 0 aliphatic rings. The number of nitrogens with two attached hydrogens (primary N) is 1. The van der Waals surface area contributed by atoms with Gasteiger partial charge in [-0.15, -0.1) is 0 Å². The number of hydrogen-bond acceptors (Lipinski definition) is 5. The number of rotatable bonds is 4. The zero-order valence-electron chi connectivity index (χ0n) is 12.8. The molecule has 0 bridgehead atoms. The highest BCUT2D eigenvalue weighted by molar-refractivity contribution is 9.10. The number of halogens is 1. The molecule has 1 aromatic carbocycles. The molecule has 2 N–H and O–H groups in total. The van der Waals surface area contributed by atoms with Crippen LogP contribution >= 0.6 is 15.9 Å². The van der Waals surface area contributed by atoms with E-state index >= 15 is 0 Å². The summed E-state index contributed by atoms with van der Waals surface area (Å²) in [6.45, 7) is 3.86. The van der Waals surface area contributed by atoms with Crippen LogP contribution < -0.4 is 5.14 Å². The molecule has 2 aromatic rings. The summed E-state index contributed by atoms with van der Waals surface area (Å²) in [5, 5.41) is 8.96. The maximum Gasteiger partial charge on any atom is 0.255 e. The van der Waals surface area contributed by atoms with E-state index in [1.807, 2.05) is 0 Å². The average molecular weight is 402 g/mol. The van der Waals surface area contributed by atoms with Crippen LogP contribution in [-0.4, -0.2) is 31.4 Å². The van der Waals surface area contributed by atoms with Crippen LogP contribution in [0, 0.1) is 13.8 Å². The largest absolute Gasteiger partial charge is 0.361 e. The Morgan fingerprint density at radius 2 is 2.04 bits per heavy atom. The molecule has 1 heterocycles. The first-order chi connectivity index (χ1) is 10.6. The van der Waals surface area contributed by atoms with Gasteiger partial charge in [0.25, 0.3) is 5.91 Å². The van der Waals surface area contributed by atoms with E-state index in [0.717, 1.165) is 5.56 Å². The van der Waals surface area contributed by atoms with E-state index in [1.54, 1.807) is 20.9 Å². The molecule has 7 nitrogen and oxygen atoms in total. The monoisotopic (exact) mass is 401 g/mol. The van der Waals surface area contributed by atoms with Gasteiger partial charge < -0.3 is 9.42 Å². The second kappa shape index (κ2) is 6.42. The van der Waals surface area contributed by atoms with E-state index in [1.165, 1.54) is 23.1 Å². The summed E-state index contributed by atoms with van der Waals surface area (Å²) in [6, 6.07) is 4.08. The lowest BCUT2D eigenvalue weighted by atomic mass is 10.1. The number of primary sulfonamides is 1. The van der Waals surface area contributed by atoms with Gasteiger partial charge in [0.2, 0.25) is 10.0 Å². The molecule has 0 unspecified atom stereocenters. The van der Waals surface area contributed by atoms with Gasteiger partial charge in [-0.2, -0.15) is 0 Å². The first-order valence-electron chi connectivity index (χ1n) is 6.61. The fourth-order valence-corrected chi connectivity index (χ4v) is 3.04. The molecule has 0 radical (unpaired) electrons. The number of carbonyl (C=O) groups excluding carboxylic acids is 1. The molecule has 1 aromatic heterocycles. The van der Waals surface area contributed by atoms with Gasteiger partial charge in [0.1, 0.15) is 5.76 Å². The van der Waals surface area contributed by atoms with Crippen LogP contribution in [0.1, 0.15) is 27.4 Å². The maximum absolute atomic E-state index is 12.6. The molecule has 23 heavy (non-hydrogen) atoms. The van der Waals surface area contributed by atoms with Gasteiger partial charge in [0.15, 0.2) is 0 Å². The van der Waals surface area contributed by atoms with Gasteiger partial charge in [-0.1, -0.05) is 5.16 Å². The van der Waals surface area contributed by atoms with Crippen molar-refractivity contribution >= 4 is 31.9 Å². The predicted molar refractivity (Wildman–Crippen MR) is 87.3 cm³/mol. The van der Waals surface area contributed by atoms with Crippen LogP contribution in [0.3, 0.4) is 0 Å². The Hall–Kier alpha value is -1.71. The zero-order valence-corrected chi connectivity index (χ0v) is 15.2. The Morgan fingerprint density at radius 1 is 1.39 bits per heavy atom. The third-order valence-corrected chi connectivity index (χ3v) is 5.02. The fourth-order valence-electron chi connectivity index (χ4n) is 2.09. The summed E-state index contributed by atoms with van der Waals surface area (Å²) in [7, 11) is -2.27. The molecule has 0 atom stereocenters. The second-order valence-electron chi connectivity index (χ2n) is 5.15. The van der Waals surface area contributed by atoms with Crippen molar-refractivity contribution in [1.82, 2.24) is 10.1 Å². The molecule has 0 spiro atoms. The molecule has 124 valence electrons. The van der Waals surface area contributed by atoms with Crippen LogP contribution in [0.25, 0.3) is 0 Å². The molecule has 0 saturated carbocycles. The number of carbonyl (C=O) groups is 1. The Balaban J connectivity index is 2.33. The lowest BCUT2D eigenvalue weighted by Crippen LogP contribution is -2.27. The van der Waals surface area contributed by atoms with Crippen LogP contribution in [0.5, 0.6) is 0 Å². The van der Waals surface area contributed by atoms with Crippen LogP contribution in [0.2, 0.25) is 0 Å². The van der Waals surface area contributed by atoms with Crippen molar-refractivity contribution in [3.8, 4) is 0 Å². The van der Waals surface area contributed by atoms with Crippen molar-refractivity contribution < 1.29 is 17.7 Å². The van der Waals surface area contributed by atoms with Crippen molar-refractivity contribution in [2.75, 3.05) is 7.05 Å². The Labute approximate surface area is 142 Å². The summed E-state index contributed by atoms with van der Waals surface area (Å²) in [5.74, 6) is 0.293. The van der Waals surface area contributed by atoms with Gasteiger partial charge >= 0.3 is 0 Å². The molecular formula is C14H16BrN3O4S. The van der Waals surface area contributed by atoms with Crippen LogP contribution in [-0.2, 0) is 16.6 Å². The number of nitrogens with zero attached hydrogens (tertiary/aromatic N) is 2. The normalized spacial score (nSPS) is 11.5. The number of benzene rings is 1. The number of aromatic nitrogens is 1. The molecular weight excluding hydrogens is 386 g/mol. The van der Waals surface area contributed by atoms with Crippen molar-refractivity contribution in [3.63, 3.8) is 0 Å². The Kier molecular flexibility index (Phi) is 4.92. The third-order valence-electron chi connectivity index (χ3n) is 3.42. The molecule has 0 aliphatic heterocycles. The molecule has 0 fully saturated rings. The summed E-state index contributed by atoms with van der Waals surface area (Å²) in [4.78, 5) is 13.9. The topological polar surface area (TPSA) is 106 Å². The Morgan fingerprint density at radius 3 is 2.57 bits per heavy atom. The van der Waals surface area contributed by atoms with Gasteiger partial charge in [-0.3, -0.25) is 4.79 Å². The predicted octanol–water partition coefficient (Wildman–Crippen LogP) is 1.97. The minimum Gasteiger partial charge on any atom is -0.361 e. The molecule has 0 saturated heterocycles. The lowest BCUT2D eigenvalue weighted by molar-refractivity contribution is 0.0783. The zero-order chi connectivity index (χ0) is 17.4. The summed E-state index contributed by atoms with van der Waals surface area (Å²) in [6.07, 6.45) is 0. The second-order valence-corrected chi connectivity index (χ2v) is 7.57. The van der Waals surface area contributed by atoms with E-state index in [9.17, 15) is 13.2 Å². The number of hydrogen-bond donors (Lipinski definition) is 1. The number of amides is 1. The van der Waals surface area contributed by atoms with E-state index in [0.29, 0.717) is 22.5 Å². The van der Waals surface area contributed by atoms with Gasteiger partial charge in [0, 0.05) is 17.1 Å². The van der Waals surface area contributed by atoms with E-state index in [-0.39, 0.29) is 16.4 Å². The van der Waals surface area contributed by atoms with Gasteiger partial charge in [-0.25, -0.2) is 13.6 Å². The fraction of sp³-hybridized carbons (Fsp3) is 0.286. The van der Waals surface area contributed by atoms with Gasteiger partial charge in [-0.05, 0) is 48.0 Å². The van der Waals surface area contributed by atoms with E-state index < -0.39 is 10.0 Å². The molecule has 1 amide bonds. The SMILES string of the molecule is Cc1noc(C)c1CN(C)C(=O)c1cc(S(N)(=O)=O)ccc1Br. The molecule has 2 rings (SSSR count). The third kappa shape index (κ3) is 3.80. The average Bonchev–Trinajstić information content (AvgIpc) is 2.77. The van der Waals surface area contributed by atoms with Crippen molar-refractivity contribution in [2.24, 2.45) is 5.14 Å². The van der Waals surface area contributed by atoms with Crippen molar-refractivity contribution in [3.05, 3.63) is 45.3 Å². The smallest absolute Gasteiger partial charge is 0.255 e. The minimum atomic E-state index is -3.88. The minimum absolute atomic E-state index is 0.116. The summed E-state index contributed by atoms with van der Waals surface area (Å²) < 4.78 is 28.5. The standard InChI is InChI=1S/C14H16BrN3O4S/c1-8-12(9(2)22-17-8)7-18(3)14(19)11-6-10(23(16,20)21)4-5-13(11)15/h4-6H,7H2,1-3H3,(H2,16,20,21). The van der Waals surface area contributed by atoms with Crippen LogP contribution in [0.15, 0.2) is 32.1 Å². The first kappa shape index (κ1) is 17.6. The molecule has 9 heteroatoms. The molecule has 0 aliphatic carbocycles. The lowest BCUT2D eigenvalue weighted by Gasteiger charge is -2.18. The Bertz CT molecular complexity index is 841. The summed E-state index contributed by atoms with van der Waals surface area (Å²) in [5.41, 5.74) is 1.74. The van der Waals surface area contributed by atoms with Crippen LogP contribution in [0.4, 0.5) is 0 Å². The highest BCUT2D eigenvalue weighted by atomic mass is 79.9. The highest BCUT2D eigenvalue weighted by Gasteiger charge is 2.20. The van der Waals surface area contributed by atoms with E-state index in [4.69, 9.17) is 9.66 Å². The van der Waals surface area contributed by atoms with Gasteiger partial charge in [0.05, 0.1) is 22.7 Å². The summed E-state index contributed by atoms with van der Waals surface area (Å²) >= 11 is 3.26. The number of sulfonamides is 1. The van der Waals surface area contributed by atoms with Crippen molar-refractivity contribution in [2.45, 2.75) is 25.3 Å². The van der Waals surface area contributed by atoms with Crippen molar-refractivity contribution in [1.29, 1.82) is 0 Å².